The number of hydrogen-bond donors (Lipinski definition) is 2. The lowest BCUT2D eigenvalue weighted by molar-refractivity contribution is -0.156. The van der Waals surface area contributed by atoms with Gasteiger partial charge in [-0.15, -0.1) is 0 Å². The molecule has 0 heterocycles. The van der Waals surface area contributed by atoms with Crippen molar-refractivity contribution < 1.29 is 24.2 Å². The van der Waals surface area contributed by atoms with Crippen molar-refractivity contribution in [2.75, 3.05) is 0 Å². The molecule has 0 aromatic heterocycles. The molecule has 84 valence electrons. The molecule has 1 aliphatic carbocycles. The summed E-state index contributed by atoms with van der Waals surface area (Å²) in [5.41, 5.74) is -1.67. The van der Waals surface area contributed by atoms with Crippen LogP contribution in [0, 0.1) is 11.3 Å². The Morgan fingerprint density at radius 1 is 1.53 bits per heavy atom. The highest BCUT2D eigenvalue weighted by Crippen LogP contribution is 2.43. The Balaban J connectivity index is 3.17. The molecule has 4 nitrogen and oxygen atoms in total. The number of halogens is 1. The van der Waals surface area contributed by atoms with Crippen LogP contribution in [0.15, 0.2) is 11.6 Å². The second-order valence-corrected chi connectivity index (χ2v) is 3.98. The molecular weight excluding hydrogens is 203 g/mol. The second kappa shape index (κ2) is 3.64. The molecule has 0 aromatic carbocycles. The minimum Gasteiger partial charge on any atom is -0.481 e. The summed E-state index contributed by atoms with van der Waals surface area (Å²) in [5.74, 6) is -3.31. The van der Waals surface area contributed by atoms with Crippen molar-refractivity contribution in [3.63, 3.8) is 0 Å². The van der Waals surface area contributed by atoms with E-state index in [4.69, 9.17) is 10.2 Å². The summed E-state index contributed by atoms with van der Waals surface area (Å²) in [5, 5.41) is 17.8. The molecule has 0 saturated heterocycles. The van der Waals surface area contributed by atoms with Crippen LogP contribution in [0.2, 0.25) is 0 Å². The number of rotatable bonds is 2. The number of carboxylic acid groups (broad SMARTS) is 2. The van der Waals surface area contributed by atoms with Gasteiger partial charge in [0.15, 0.2) is 0 Å². The first kappa shape index (κ1) is 11.7. The number of alkyl halides is 1. The normalized spacial score (nSPS) is 35.8. The van der Waals surface area contributed by atoms with Crippen molar-refractivity contribution in [1.29, 1.82) is 0 Å². The fourth-order valence-corrected chi connectivity index (χ4v) is 1.84. The summed E-state index contributed by atoms with van der Waals surface area (Å²) >= 11 is 0. The van der Waals surface area contributed by atoms with Crippen molar-refractivity contribution in [2.45, 2.75) is 26.4 Å². The maximum absolute atomic E-state index is 13.6. The van der Waals surface area contributed by atoms with Crippen LogP contribution in [0.3, 0.4) is 0 Å². The molecule has 0 spiro atoms. The Kier molecular flexibility index (Phi) is 2.83. The van der Waals surface area contributed by atoms with E-state index < -0.39 is 29.4 Å². The van der Waals surface area contributed by atoms with Gasteiger partial charge in [-0.05, 0) is 13.3 Å². The minimum absolute atomic E-state index is 0.0196. The van der Waals surface area contributed by atoms with Gasteiger partial charge < -0.3 is 10.2 Å². The van der Waals surface area contributed by atoms with Gasteiger partial charge in [0.05, 0.1) is 0 Å². The first-order chi connectivity index (χ1) is 6.81. The molecule has 3 atom stereocenters. The van der Waals surface area contributed by atoms with E-state index in [1.807, 2.05) is 0 Å². The Bertz CT molecular complexity index is 336. The van der Waals surface area contributed by atoms with Crippen molar-refractivity contribution in [3.8, 4) is 0 Å². The first-order valence-corrected chi connectivity index (χ1v) is 4.62. The van der Waals surface area contributed by atoms with Gasteiger partial charge in [-0.2, -0.15) is 0 Å². The first-order valence-electron chi connectivity index (χ1n) is 4.62. The Morgan fingerprint density at radius 2 is 2.07 bits per heavy atom. The van der Waals surface area contributed by atoms with Crippen molar-refractivity contribution in [1.82, 2.24) is 0 Å². The monoisotopic (exact) mass is 216 g/mol. The maximum atomic E-state index is 13.6. The minimum atomic E-state index is -1.65. The van der Waals surface area contributed by atoms with E-state index in [1.165, 1.54) is 19.9 Å². The van der Waals surface area contributed by atoms with Crippen molar-refractivity contribution in [2.24, 2.45) is 11.3 Å². The molecule has 0 fully saturated rings. The largest absolute Gasteiger partial charge is 0.481 e. The Morgan fingerprint density at radius 3 is 2.47 bits per heavy atom. The van der Waals surface area contributed by atoms with E-state index in [0.29, 0.717) is 0 Å². The summed E-state index contributed by atoms with van der Waals surface area (Å²) in [7, 11) is 0. The fraction of sp³-hybridized carbons (Fsp3) is 0.600. The van der Waals surface area contributed by atoms with Gasteiger partial charge in [0.2, 0.25) is 0 Å². The number of hydrogen-bond acceptors (Lipinski definition) is 2. The molecule has 2 N–H and O–H groups in total. The van der Waals surface area contributed by atoms with Gasteiger partial charge >= 0.3 is 11.9 Å². The van der Waals surface area contributed by atoms with E-state index in [0.717, 1.165) is 0 Å². The highest BCUT2D eigenvalue weighted by Gasteiger charge is 2.51. The quantitative estimate of drug-likeness (QED) is 0.732. The summed E-state index contributed by atoms with van der Waals surface area (Å²) in [4.78, 5) is 21.8. The topological polar surface area (TPSA) is 74.6 Å². The van der Waals surface area contributed by atoms with E-state index in [2.05, 4.69) is 0 Å². The highest BCUT2D eigenvalue weighted by atomic mass is 19.1. The van der Waals surface area contributed by atoms with E-state index in [9.17, 15) is 14.0 Å². The average molecular weight is 216 g/mol. The Hall–Kier alpha value is -1.39. The molecular formula is C10H13FO4. The standard InChI is InChI=1S/C10H13FO4/c1-5-6(8(12)13)3-4-7(11)10(5,2)9(14)15/h3,5,7H,4H2,1-2H3,(H,12,13)(H,14,15). The van der Waals surface area contributed by atoms with Gasteiger partial charge in [-0.3, -0.25) is 4.79 Å². The van der Waals surface area contributed by atoms with Gasteiger partial charge in [0, 0.05) is 11.5 Å². The zero-order valence-electron chi connectivity index (χ0n) is 8.53. The third-order valence-corrected chi connectivity index (χ3v) is 3.27. The summed E-state index contributed by atoms with van der Waals surface area (Å²) < 4.78 is 13.6. The highest BCUT2D eigenvalue weighted by molar-refractivity contribution is 5.90. The smallest absolute Gasteiger partial charge is 0.331 e. The van der Waals surface area contributed by atoms with Crippen LogP contribution < -0.4 is 0 Å². The predicted octanol–water partition coefficient (Wildman–Crippen LogP) is 1.47. The lowest BCUT2D eigenvalue weighted by Gasteiger charge is -2.37. The zero-order chi connectivity index (χ0) is 11.8. The molecule has 3 unspecified atom stereocenters. The zero-order valence-corrected chi connectivity index (χ0v) is 8.53. The van der Waals surface area contributed by atoms with Crippen LogP contribution >= 0.6 is 0 Å². The van der Waals surface area contributed by atoms with Gasteiger partial charge in [-0.25, -0.2) is 9.18 Å². The van der Waals surface area contributed by atoms with Crippen molar-refractivity contribution in [3.05, 3.63) is 11.6 Å². The van der Waals surface area contributed by atoms with Gasteiger partial charge in [0.25, 0.3) is 0 Å². The van der Waals surface area contributed by atoms with Gasteiger partial charge in [-0.1, -0.05) is 13.0 Å². The number of aliphatic carboxylic acids is 2. The summed E-state index contributed by atoms with van der Waals surface area (Å²) in [6, 6.07) is 0. The lowest BCUT2D eigenvalue weighted by atomic mass is 9.66. The Labute approximate surface area is 86.4 Å². The van der Waals surface area contributed by atoms with Crippen LogP contribution in [-0.4, -0.2) is 28.3 Å². The average Bonchev–Trinajstić information content (AvgIpc) is 2.13. The fourth-order valence-electron chi connectivity index (χ4n) is 1.84. The third-order valence-electron chi connectivity index (χ3n) is 3.27. The van der Waals surface area contributed by atoms with E-state index >= 15 is 0 Å². The van der Waals surface area contributed by atoms with Crippen molar-refractivity contribution >= 4 is 11.9 Å². The SMILES string of the molecule is CC1C(C(=O)O)=CCC(F)C1(C)C(=O)O. The molecule has 0 saturated carbocycles. The maximum Gasteiger partial charge on any atom is 0.331 e. The van der Waals surface area contributed by atoms with Crippen LogP contribution in [0.25, 0.3) is 0 Å². The molecule has 0 radical (unpaired) electrons. The molecule has 0 amide bonds. The summed E-state index contributed by atoms with van der Waals surface area (Å²) in [6.07, 6.45) is -0.440. The molecule has 1 rings (SSSR count). The van der Waals surface area contributed by atoms with E-state index in [1.54, 1.807) is 0 Å². The number of carbonyl (C=O) groups is 2. The molecule has 0 aliphatic heterocycles. The molecule has 0 aromatic rings. The van der Waals surface area contributed by atoms with E-state index in [-0.39, 0.29) is 12.0 Å². The number of carboxylic acids is 2. The molecule has 5 heteroatoms. The lowest BCUT2D eigenvalue weighted by Crippen LogP contribution is -2.46. The number of allylic oxidation sites excluding steroid dienone is 1. The second-order valence-electron chi connectivity index (χ2n) is 3.98. The molecule has 15 heavy (non-hydrogen) atoms. The van der Waals surface area contributed by atoms with Crippen LogP contribution in [0.4, 0.5) is 4.39 Å². The van der Waals surface area contributed by atoms with Crippen LogP contribution in [0.1, 0.15) is 20.3 Å². The molecule has 0 bridgehead atoms. The molecule has 1 aliphatic rings. The van der Waals surface area contributed by atoms with Crippen LogP contribution in [0.5, 0.6) is 0 Å². The third kappa shape index (κ3) is 1.62. The van der Waals surface area contributed by atoms with Crippen LogP contribution in [-0.2, 0) is 9.59 Å². The van der Waals surface area contributed by atoms with Gasteiger partial charge in [0.1, 0.15) is 11.6 Å². The predicted molar refractivity (Wildman–Crippen MR) is 50.1 cm³/mol. The summed E-state index contributed by atoms with van der Waals surface area (Å²) in [6.45, 7) is 2.68.